The predicted molar refractivity (Wildman–Crippen MR) is 345 cm³/mol. The fourth-order valence-electron chi connectivity index (χ4n) is 9.99. The molecule has 92 heavy (non-hydrogen) atoms. The van der Waals surface area contributed by atoms with Gasteiger partial charge in [0.2, 0.25) is 0 Å². The van der Waals surface area contributed by atoms with E-state index in [0.29, 0.717) is 198 Å². The number of aliphatic hydroxyl groups is 1. The fraction of sp³-hybridized carbons (Fsp3) is 0.582. The maximum absolute atomic E-state index is 8.72. The maximum atomic E-state index is 8.72. The summed E-state index contributed by atoms with van der Waals surface area (Å²) in [6.45, 7) is 16.9. The van der Waals surface area contributed by atoms with Gasteiger partial charge in [0.15, 0.2) is 6.29 Å². The molecule has 3 aliphatic heterocycles. The van der Waals surface area contributed by atoms with Crippen LogP contribution in [0.1, 0.15) is 70.9 Å². The topological polar surface area (TPSA) is 265 Å². The largest absolute Gasteiger partial charge is 0.394 e. The zero-order chi connectivity index (χ0) is 64.1. The van der Waals surface area contributed by atoms with Crippen LogP contribution in [0.5, 0.6) is 0 Å². The molecule has 506 valence electrons. The highest BCUT2D eigenvalue weighted by Gasteiger charge is 2.30. The van der Waals surface area contributed by atoms with E-state index in [1.807, 2.05) is 6.20 Å². The molecule has 0 radical (unpaired) electrons. The third-order valence-electron chi connectivity index (χ3n) is 14.5. The van der Waals surface area contributed by atoms with Crippen molar-refractivity contribution >= 4 is 46.4 Å². The minimum Gasteiger partial charge on any atom is -0.394 e. The average Bonchev–Trinajstić information content (AvgIpc) is 1.61. The number of benzene rings is 1. The molecular formula is C67H95N7O18. The van der Waals surface area contributed by atoms with Gasteiger partial charge in [-0.1, -0.05) is 37.3 Å². The van der Waals surface area contributed by atoms with E-state index < -0.39 is 6.29 Å². The van der Waals surface area contributed by atoms with E-state index in [-0.39, 0.29) is 25.6 Å². The van der Waals surface area contributed by atoms with Crippen LogP contribution in [0, 0.1) is 5.41 Å². The van der Waals surface area contributed by atoms with Crippen LogP contribution in [0.3, 0.4) is 0 Å². The van der Waals surface area contributed by atoms with Crippen LogP contribution in [0.4, 0.5) is 0 Å². The molecule has 3 aliphatic rings. The average molecular weight is 1290 g/mol. The van der Waals surface area contributed by atoms with Crippen LogP contribution < -0.4 is 0 Å². The van der Waals surface area contributed by atoms with Crippen molar-refractivity contribution < 1.29 is 85.6 Å². The minimum atomic E-state index is -0.500. The molecule has 1 aromatic carbocycles. The second kappa shape index (κ2) is 41.8. The van der Waals surface area contributed by atoms with E-state index >= 15 is 0 Å². The van der Waals surface area contributed by atoms with Gasteiger partial charge in [-0.25, -0.2) is 14.6 Å². The molecule has 0 amide bonds. The molecule has 8 bridgehead atoms. The SMILES string of the molecule is COCOCCOCCOCCc1c2nc(c(Cc3cn(CCOCCOCCOCCOCCOCCOCCOCCO)nn3)c3nc(c(CCOCCOCCOCOC)c4ccc([nH]4)c(-c4cccc(C5OCC(C)(C)CO5)c4)c4ccc1[nH]4)C=C3)C=C2. The zero-order valence-corrected chi connectivity index (χ0v) is 54.0. The van der Waals surface area contributed by atoms with Gasteiger partial charge in [-0.15, -0.1) is 5.10 Å². The molecule has 1 fully saturated rings. The maximum Gasteiger partial charge on any atom is 0.183 e. The van der Waals surface area contributed by atoms with E-state index in [0.717, 1.165) is 83.9 Å². The molecule has 3 N–H and O–H groups in total. The first kappa shape index (κ1) is 72.1. The normalized spacial score (nSPS) is 14.0. The summed E-state index contributed by atoms with van der Waals surface area (Å²) < 4.78 is 97.9. The lowest BCUT2D eigenvalue weighted by Crippen LogP contribution is -2.33. The number of fused-ring (bicyclic) bond motifs is 8. The summed E-state index contributed by atoms with van der Waals surface area (Å²) >= 11 is 0. The predicted octanol–water partition coefficient (Wildman–Crippen LogP) is 7.08. The Morgan fingerprint density at radius 2 is 0.891 bits per heavy atom. The van der Waals surface area contributed by atoms with Crippen molar-refractivity contribution in [2.45, 2.75) is 45.9 Å². The lowest BCUT2D eigenvalue weighted by molar-refractivity contribution is -0.226. The Kier molecular flexibility index (Phi) is 32.8. The Balaban J connectivity index is 0.982. The summed E-state index contributed by atoms with van der Waals surface area (Å²) in [6, 6.07) is 16.9. The molecule has 0 aliphatic carbocycles. The number of aromatic amines is 2. The van der Waals surface area contributed by atoms with Crippen molar-refractivity contribution in [3.63, 3.8) is 0 Å². The molecular weight excluding hydrogens is 1190 g/mol. The number of H-pyrrole nitrogens is 2. The highest BCUT2D eigenvalue weighted by atomic mass is 16.7. The lowest BCUT2D eigenvalue weighted by atomic mass is 9.95. The number of hydrogen-bond acceptors (Lipinski definition) is 22. The van der Waals surface area contributed by atoms with E-state index in [1.165, 1.54) is 0 Å². The first-order valence-electron chi connectivity index (χ1n) is 31.8. The van der Waals surface area contributed by atoms with Crippen LogP contribution in [0.15, 0.2) is 54.7 Å². The third kappa shape index (κ3) is 24.9. The van der Waals surface area contributed by atoms with Crippen LogP contribution in [-0.4, -0.2) is 246 Å². The molecule has 5 aromatic rings. The molecule has 25 nitrogen and oxygen atoms in total. The highest BCUT2D eigenvalue weighted by Crippen LogP contribution is 2.36. The molecule has 7 heterocycles. The molecule has 1 saturated heterocycles. The second-order valence-corrected chi connectivity index (χ2v) is 22.3. The monoisotopic (exact) mass is 1290 g/mol. The fourth-order valence-corrected chi connectivity index (χ4v) is 9.99. The number of nitrogens with zero attached hydrogens (tertiary/aromatic N) is 5. The molecule has 0 spiro atoms. The highest BCUT2D eigenvalue weighted by molar-refractivity contribution is 5.94. The standard InChI is InChI=1S/C67H95N7O18/c1-67(2)47-91-66(92-48-67)52-7-5-6-51(44-52)65-63-14-12-59(70-63)54(16-20-78-24-28-87-40-42-89-49-76-3)57-8-10-61(68-57)56(62-11-9-58(69-62)55(60-13-15-64(65)71-60)17-21-79-25-29-88-41-43-90-50-77-4)45-53-46-74(73-72-53)18-22-80-26-30-82-32-34-84-36-38-86-39-37-85-35-33-83-31-27-81-23-19-75/h5-15,44,46,66,70-71,75H,16-43,45,47-50H2,1-4H3. The Hall–Kier alpha value is -5.76. The van der Waals surface area contributed by atoms with E-state index in [1.54, 1.807) is 18.9 Å². The van der Waals surface area contributed by atoms with Gasteiger partial charge < -0.3 is 95.6 Å². The number of methoxy groups -OCH3 is 2. The van der Waals surface area contributed by atoms with E-state index in [2.05, 4.69) is 107 Å². The van der Waals surface area contributed by atoms with Crippen molar-refractivity contribution in [3.8, 4) is 11.1 Å². The molecule has 0 saturated carbocycles. The van der Waals surface area contributed by atoms with Crippen molar-refractivity contribution in [2.24, 2.45) is 5.41 Å². The van der Waals surface area contributed by atoms with Gasteiger partial charge in [0.05, 0.1) is 213 Å². The molecule has 4 aromatic heterocycles. The van der Waals surface area contributed by atoms with Crippen LogP contribution >= 0.6 is 0 Å². The van der Waals surface area contributed by atoms with Crippen LogP contribution in [0.25, 0.3) is 57.5 Å². The minimum absolute atomic E-state index is 0.00631. The molecule has 25 heteroatoms. The molecule has 0 unspecified atom stereocenters. The van der Waals surface area contributed by atoms with Gasteiger partial charge >= 0.3 is 0 Å². The zero-order valence-electron chi connectivity index (χ0n) is 54.0. The van der Waals surface area contributed by atoms with Gasteiger partial charge in [-0.05, 0) is 73.0 Å². The Labute approximate surface area is 539 Å². The van der Waals surface area contributed by atoms with Gasteiger partial charge in [0, 0.05) is 82.1 Å². The number of aliphatic hydroxyl groups excluding tert-OH is 1. The second-order valence-electron chi connectivity index (χ2n) is 22.3. The number of rotatable bonds is 49. The third-order valence-corrected chi connectivity index (χ3v) is 14.5. The van der Waals surface area contributed by atoms with Crippen molar-refractivity contribution in [1.29, 1.82) is 0 Å². The summed E-state index contributed by atoms with van der Waals surface area (Å²) in [5.41, 5.74) is 13.1. The van der Waals surface area contributed by atoms with Gasteiger partial charge in [0.1, 0.15) is 13.6 Å². The molecule has 0 atom stereocenters. The number of nitrogens with one attached hydrogen (secondary N) is 2. The van der Waals surface area contributed by atoms with Gasteiger partial charge in [0.25, 0.3) is 0 Å². The first-order chi connectivity index (χ1) is 45.3. The summed E-state index contributed by atoms with van der Waals surface area (Å²) in [6.07, 6.45) is 11.2. The van der Waals surface area contributed by atoms with Crippen molar-refractivity contribution in [1.82, 2.24) is 34.9 Å². The quantitative estimate of drug-likeness (QED) is 0.0254. The van der Waals surface area contributed by atoms with Crippen molar-refractivity contribution in [2.75, 3.05) is 206 Å². The van der Waals surface area contributed by atoms with Crippen molar-refractivity contribution in [3.05, 3.63) is 105 Å². The number of ether oxygens (including phenoxy) is 17. The number of hydrogen-bond donors (Lipinski definition) is 3. The Morgan fingerprint density at radius 3 is 1.34 bits per heavy atom. The van der Waals surface area contributed by atoms with Crippen LogP contribution in [0.2, 0.25) is 0 Å². The van der Waals surface area contributed by atoms with Gasteiger partial charge in [-0.2, -0.15) is 0 Å². The summed E-state index contributed by atoms with van der Waals surface area (Å²) in [7, 11) is 3.18. The smallest absolute Gasteiger partial charge is 0.183 e. The van der Waals surface area contributed by atoms with Gasteiger partial charge in [-0.3, -0.25) is 0 Å². The van der Waals surface area contributed by atoms with E-state index in [9.17, 15) is 0 Å². The van der Waals surface area contributed by atoms with Crippen LogP contribution in [-0.2, 0) is 106 Å². The first-order valence-corrected chi connectivity index (χ1v) is 31.8. The summed E-state index contributed by atoms with van der Waals surface area (Å²) in [5, 5.41) is 17.9. The lowest BCUT2D eigenvalue weighted by Gasteiger charge is -2.34. The van der Waals surface area contributed by atoms with E-state index in [4.69, 9.17) is 95.6 Å². The summed E-state index contributed by atoms with van der Waals surface area (Å²) in [4.78, 5) is 18.5. The Morgan fingerprint density at radius 1 is 0.489 bits per heavy atom. The molecule has 8 rings (SSSR count). The number of aromatic nitrogens is 7. The summed E-state index contributed by atoms with van der Waals surface area (Å²) in [5.74, 6) is 0. The Bertz CT molecular complexity index is 3000.